The number of barbiturate groups is 1. The van der Waals surface area contributed by atoms with Crippen molar-refractivity contribution < 1.29 is 14.4 Å². The molecule has 0 unspecified atom stereocenters. The number of carbonyl (C=O) groups is 3. The highest BCUT2D eigenvalue weighted by Gasteiger charge is 2.62. The zero-order valence-corrected chi connectivity index (χ0v) is 10.5. The number of pyridine rings is 1. The van der Waals surface area contributed by atoms with Crippen LogP contribution in [0.5, 0.6) is 0 Å². The van der Waals surface area contributed by atoms with Crippen molar-refractivity contribution in [3.05, 3.63) is 29.6 Å². The smallest absolute Gasteiger partial charge is 0.277 e. The standard InChI is InChI=1S/C13H13N3O3/c1-8-3-2-4-9(14-8)7-16-11(18)13(5-6-13)10(17)15-12(16)19/h2-4H,5-7H2,1H3,(H,15,17,19). The predicted octanol–water partition coefficient (Wildman–Crippen LogP) is 0.749. The molecule has 0 atom stereocenters. The van der Waals surface area contributed by atoms with Crippen LogP contribution in [0.2, 0.25) is 0 Å². The largest absolute Gasteiger partial charge is 0.331 e. The van der Waals surface area contributed by atoms with Gasteiger partial charge in [0.15, 0.2) is 0 Å². The van der Waals surface area contributed by atoms with Gasteiger partial charge in [0.05, 0.1) is 12.2 Å². The molecular weight excluding hydrogens is 246 g/mol. The van der Waals surface area contributed by atoms with Crippen LogP contribution >= 0.6 is 0 Å². The summed E-state index contributed by atoms with van der Waals surface area (Å²) in [6.45, 7) is 1.94. The van der Waals surface area contributed by atoms with Gasteiger partial charge in [0.1, 0.15) is 5.41 Å². The summed E-state index contributed by atoms with van der Waals surface area (Å²) in [6.07, 6.45) is 1.03. The fourth-order valence-electron chi connectivity index (χ4n) is 2.29. The molecule has 0 aromatic carbocycles. The third kappa shape index (κ3) is 1.80. The second-order valence-electron chi connectivity index (χ2n) is 5.00. The second-order valence-corrected chi connectivity index (χ2v) is 5.00. The van der Waals surface area contributed by atoms with E-state index in [4.69, 9.17) is 0 Å². The molecule has 2 aliphatic rings. The van der Waals surface area contributed by atoms with Gasteiger partial charge in [-0.05, 0) is 31.9 Å². The molecule has 1 saturated heterocycles. The molecule has 2 fully saturated rings. The Morgan fingerprint density at radius 3 is 2.68 bits per heavy atom. The van der Waals surface area contributed by atoms with Crippen LogP contribution in [0, 0.1) is 12.3 Å². The Morgan fingerprint density at radius 2 is 2.05 bits per heavy atom. The maximum Gasteiger partial charge on any atom is 0.331 e. The highest BCUT2D eigenvalue weighted by Crippen LogP contribution is 2.49. The van der Waals surface area contributed by atoms with Gasteiger partial charge in [-0.25, -0.2) is 4.79 Å². The molecule has 1 N–H and O–H groups in total. The number of aromatic nitrogens is 1. The summed E-state index contributed by atoms with van der Waals surface area (Å²) >= 11 is 0. The SMILES string of the molecule is Cc1cccc(CN2C(=O)NC(=O)C3(CC3)C2=O)n1. The lowest BCUT2D eigenvalue weighted by Gasteiger charge is -2.29. The quantitative estimate of drug-likeness (QED) is 0.795. The molecule has 6 heteroatoms. The molecule has 1 aromatic rings. The number of imide groups is 2. The molecule has 1 aliphatic carbocycles. The number of nitrogens with one attached hydrogen (secondary N) is 1. The molecule has 1 aromatic heterocycles. The summed E-state index contributed by atoms with van der Waals surface area (Å²) in [5, 5.41) is 2.25. The summed E-state index contributed by atoms with van der Waals surface area (Å²) in [5.74, 6) is -0.861. The third-order valence-electron chi connectivity index (χ3n) is 3.57. The lowest BCUT2D eigenvalue weighted by Crippen LogP contribution is -2.58. The first-order chi connectivity index (χ1) is 9.03. The van der Waals surface area contributed by atoms with Crippen LogP contribution in [-0.2, 0) is 16.1 Å². The fourth-order valence-corrected chi connectivity index (χ4v) is 2.29. The number of aryl methyl sites for hydroxylation is 1. The monoisotopic (exact) mass is 259 g/mol. The van der Waals surface area contributed by atoms with E-state index in [0.29, 0.717) is 18.5 Å². The molecule has 98 valence electrons. The average molecular weight is 259 g/mol. The number of rotatable bonds is 2. The van der Waals surface area contributed by atoms with E-state index < -0.39 is 23.3 Å². The van der Waals surface area contributed by atoms with Crippen molar-refractivity contribution in [1.82, 2.24) is 15.2 Å². The Balaban J connectivity index is 1.86. The minimum Gasteiger partial charge on any atom is -0.277 e. The maximum atomic E-state index is 12.2. The normalized spacial score (nSPS) is 20.7. The van der Waals surface area contributed by atoms with E-state index in [1.165, 1.54) is 0 Å². The molecule has 6 nitrogen and oxygen atoms in total. The minimum atomic E-state index is -0.988. The van der Waals surface area contributed by atoms with Gasteiger partial charge in [0, 0.05) is 5.69 Å². The lowest BCUT2D eigenvalue weighted by molar-refractivity contribution is -0.145. The topological polar surface area (TPSA) is 79.4 Å². The molecular formula is C13H13N3O3. The van der Waals surface area contributed by atoms with E-state index in [1.807, 2.05) is 19.1 Å². The van der Waals surface area contributed by atoms with Crippen LogP contribution in [0.15, 0.2) is 18.2 Å². The average Bonchev–Trinajstić information content (AvgIpc) is 3.15. The van der Waals surface area contributed by atoms with E-state index in [-0.39, 0.29) is 6.54 Å². The highest BCUT2D eigenvalue weighted by molar-refractivity contribution is 6.20. The van der Waals surface area contributed by atoms with Crippen LogP contribution in [0.3, 0.4) is 0 Å². The van der Waals surface area contributed by atoms with Gasteiger partial charge in [-0.15, -0.1) is 0 Å². The molecule has 1 spiro atoms. The van der Waals surface area contributed by atoms with Gasteiger partial charge in [0.25, 0.3) is 0 Å². The zero-order valence-electron chi connectivity index (χ0n) is 10.5. The van der Waals surface area contributed by atoms with Crippen molar-refractivity contribution in [2.75, 3.05) is 0 Å². The molecule has 19 heavy (non-hydrogen) atoms. The van der Waals surface area contributed by atoms with Crippen LogP contribution in [0.1, 0.15) is 24.2 Å². The summed E-state index contributed by atoms with van der Waals surface area (Å²) in [7, 11) is 0. The van der Waals surface area contributed by atoms with Gasteiger partial charge < -0.3 is 0 Å². The molecule has 1 aliphatic heterocycles. The van der Waals surface area contributed by atoms with Crippen molar-refractivity contribution in [3.63, 3.8) is 0 Å². The molecule has 0 radical (unpaired) electrons. The summed E-state index contributed by atoms with van der Waals surface area (Å²) in [6, 6.07) is 4.76. The molecule has 4 amide bonds. The van der Waals surface area contributed by atoms with Crippen LogP contribution in [0.4, 0.5) is 4.79 Å². The van der Waals surface area contributed by atoms with Crippen molar-refractivity contribution >= 4 is 17.8 Å². The fraction of sp³-hybridized carbons (Fsp3) is 0.385. The summed E-state index contributed by atoms with van der Waals surface area (Å²) in [4.78, 5) is 41.0. The highest BCUT2D eigenvalue weighted by atomic mass is 16.2. The predicted molar refractivity (Wildman–Crippen MR) is 64.7 cm³/mol. The molecule has 3 rings (SSSR count). The second kappa shape index (κ2) is 3.88. The van der Waals surface area contributed by atoms with Gasteiger partial charge >= 0.3 is 6.03 Å². The lowest BCUT2D eigenvalue weighted by atomic mass is 10.0. The first kappa shape index (κ1) is 11.8. The summed E-state index contributed by atoms with van der Waals surface area (Å²) < 4.78 is 0. The van der Waals surface area contributed by atoms with Crippen molar-refractivity contribution in [1.29, 1.82) is 0 Å². The van der Waals surface area contributed by atoms with Gasteiger partial charge in [-0.3, -0.25) is 24.8 Å². The van der Waals surface area contributed by atoms with E-state index in [9.17, 15) is 14.4 Å². The number of amides is 4. The number of nitrogens with zero attached hydrogens (tertiary/aromatic N) is 2. The Bertz CT molecular complexity index is 593. The number of hydrogen-bond donors (Lipinski definition) is 1. The molecule has 1 saturated carbocycles. The van der Waals surface area contributed by atoms with Crippen LogP contribution in [0.25, 0.3) is 0 Å². The zero-order chi connectivity index (χ0) is 13.6. The number of carbonyl (C=O) groups excluding carboxylic acids is 3. The molecule has 2 heterocycles. The van der Waals surface area contributed by atoms with Gasteiger partial charge in [-0.1, -0.05) is 6.07 Å². The van der Waals surface area contributed by atoms with Crippen LogP contribution in [-0.4, -0.2) is 27.7 Å². The maximum absolute atomic E-state index is 12.2. The Labute approximate surface area is 109 Å². The number of hydrogen-bond acceptors (Lipinski definition) is 4. The number of urea groups is 1. The Morgan fingerprint density at radius 1 is 1.32 bits per heavy atom. The van der Waals surface area contributed by atoms with E-state index in [1.54, 1.807) is 6.07 Å². The summed E-state index contributed by atoms with van der Waals surface area (Å²) in [5.41, 5.74) is 0.464. The Kier molecular flexibility index (Phi) is 2.41. The van der Waals surface area contributed by atoms with Crippen molar-refractivity contribution in [2.45, 2.75) is 26.3 Å². The first-order valence-corrected chi connectivity index (χ1v) is 6.13. The van der Waals surface area contributed by atoms with E-state index in [0.717, 1.165) is 10.6 Å². The first-order valence-electron chi connectivity index (χ1n) is 6.13. The van der Waals surface area contributed by atoms with Crippen molar-refractivity contribution in [2.24, 2.45) is 5.41 Å². The van der Waals surface area contributed by atoms with E-state index >= 15 is 0 Å². The third-order valence-corrected chi connectivity index (χ3v) is 3.57. The minimum absolute atomic E-state index is 0.0986. The van der Waals surface area contributed by atoms with Gasteiger partial charge in [-0.2, -0.15) is 0 Å². The van der Waals surface area contributed by atoms with E-state index in [2.05, 4.69) is 10.3 Å². The van der Waals surface area contributed by atoms with Crippen LogP contribution < -0.4 is 5.32 Å². The Hall–Kier alpha value is -2.24. The van der Waals surface area contributed by atoms with Crippen molar-refractivity contribution in [3.8, 4) is 0 Å². The molecule has 0 bridgehead atoms. The van der Waals surface area contributed by atoms with Gasteiger partial charge in [0.2, 0.25) is 11.8 Å².